The number of aromatic nitrogens is 2. The summed E-state index contributed by atoms with van der Waals surface area (Å²) in [4.78, 5) is 27.8. The standard InChI is InChI=1S/C20H31F3N4O4/c1-6-30-17(28)15-13-16(20(21,22)23)24-27(15)14-7-9-26(10-8-14)12-11-25(5)18(29)31-19(2,3)4/h13-14H,6-12H2,1-5H3. The highest BCUT2D eigenvalue weighted by Gasteiger charge is 2.37. The number of alkyl halides is 3. The van der Waals surface area contributed by atoms with Gasteiger partial charge in [0.25, 0.3) is 0 Å². The number of likely N-dealkylation sites (tertiary alicyclic amines) is 1. The molecule has 8 nitrogen and oxygen atoms in total. The summed E-state index contributed by atoms with van der Waals surface area (Å²) in [6.07, 6.45) is -3.99. The number of nitrogens with zero attached hydrogens (tertiary/aromatic N) is 4. The second kappa shape index (κ2) is 9.88. The minimum absolute atomic E-state index is 0.0645. The van der Waals surface area contributed by atoms with E-state index in [0.29, 0.717) is 39.0 Å². The third kappa shape index (κ3) is 7.12. The lowest BCUT2D eigenvalue weighted by Gasteiger charge is -2.33. The second-order valence-electron chi connectivity index (χ2n) is 8.55. The lowest BCUT2D eigenvalue weighted by atomic mass is 10.0. The molecule has 0 atom stereocenters. The Morgan fingerprint density at radius 2 is 1.84 bits per heavy atom. The highest BCUT2D eigenvalue weighted by Crippen LogP contribution is 2.32. The smallest absolute Gasteiger partial charge is 0.435 e. The van der Waals surface area contributed by atoms with Gasteiger partial charge in [0, 0.05) is 39.3 Å². The molecule has 0 N–H and O–H groups in total. The minimum Gasteiger partial charge on any atom is -0.461 e. The molecule has 1 aromatic rings. The molecule has 0 saturated carbocycles. The summed E-state index contributed by atoms with van der Waals surface area (Å²) in [5.74, 6) is -0.813. The van der Waals surface area contributed by atoms with Crippen LogP contribution in [-0.2, 0) is 15.7 Å². The van der Waals surface area contributed by atoms with Gasteiger partial charge in [-0.15, -0.1) is 0 Å². The van der Waals surface area contributed by atoms with Gasteiger partial charge in [0.15, 0.2) is 5.69 Å². The third-order valence-corrected chi connectivity index (χ3v) is 4.87. The van der Waals surface area contributed by atoms with Crippen LogP contribution in [0.25, 0.3) is 0 Å². The number of carbonyl (C=O) groups excluding carboxylic acids is 2. The maximum atomic E-state index is 13.1. The Morgan fingerprint density at radius 3 is 2.35 bits per heavy atom. The van der Waals surface area contributed by atoms with Crippen molar-refractivity contribution in [2.75, 3.05) is 39.8 Å². The van der Waals surface area contributed by atoms with Gasteiger partial charge < -0.3 is 19.3 Å². The van der Waals surface area contributed by atoms with E-state index in [1.807, 2.05) is 0 Å². The largest absolute Gasteiger partial charge is 0.461 e. The van der Waals surface area contributed by atoms with Gasteiger partial charge in [-0.25, -0.2) is 9.59 Å². The normalized spacial score (nSPS) is 16.3. The fourth-order valence-corrected chi connectivity index (χ4v) is 3.28. The van der Waals surface area contributed by atoms with E-state index >= 15 is 0 Å². The van der Waals surface area contributed by atoms with E-state index in [2.05, 4.69) is 10.00 Å². The number of ether oxygens (including phenoxy) is 2. The molecule has 1 aromatic heterocycles. The van der Waals surface area contributed by atoms with Crippen molar-refractivity contribution in [3.63, 3.8) is 0 Å². The molecule has 1 aliphatic heterocycles. The van der Waals surface area contributed by atoms with Crippen LogP contribution < -0.4 is 0 Å². The quantitative estimate of drug-likeness (QED) is 0.619. The molecule has 0 radical (unpaired) electrons. The number of amides is 1. The van der Waals surface area contributed by atoms with Crippen LogP contribution in [-0.4, -0.2) is 77.1 Å². The van der Waals surface area contributed by atoms with Crippen molar-refractivity contribution in [3.8, 4) is 0 Å². The summed E-state index contributed by atoms with van der Waals surface area (Å²) in [6, 6.07) is 0.413. The summed E-state index contributed by atoms with van der Waals surface area (Å²) in [7, 11) is 1.66. The van der Waals surface area contributed by atoms with Crippen LogP contribution in [0, 0.1) is 0 Å². The van der Waals surface area contributed by atoms with Crippen LogP contribution in [0.5, 0.6) is 0 Å². The van der Waals surface area contributed by atoms with Gasteiger partial charge in [-0.2, -0.15) is 18.3 Å². The number of hydrogen-bond donors (Lipinski definition) is 0. The summed E-state index contributed by atoms with van der Waals surface area (Å²) in [5.41, 5.74) is -1.85. The van der Waals surface area contributed by atoms with Crippen molar-refractivity contribution >= 4 is 12.1 Å². The van der Waals surface area contributed by atoms with Gasteiger partial charge in [0.1, 0.15) is 11.3 Å². The Labute approximate surface area is 180 Å². The van der Waals surface area contributed by atoms with Crippen LogP contribution in [0.4, 0.5) is 18.0 Å². The highest BCUT2D eigenvalue weighted by atomic mass is 19.4. The zero-order valence-electron chi connectivity index (χ0n) is 18.7. The molecular weight excluding hydrogens is 417 g/mol. The van der Waals surface area contributed by atoms with Gasteiger partial charge in [-0.1, -0.05) is 0 Å². The molecule has 1 saturated heterocycles. The van der Waals surface area contributed by atoms with Gasteiger partial charge in [-0.05, 0) is 40.5 Å². The van der Waals surface area contributed by atoms with Gasteiger partial charge in [0.05, 0.1) is 12.6 Å². The van der Waals surface area contributed by atoms with Crippen molar-refractivity contribution < 1.29 is 32.2 Å². The number of hydrogen-bond acceptors (Lipinski definition) is 6. The molecule has 31 heavy (non-hydrogen) atoms. The number of likely N-dealkylation sites (N-methyl/N-ethyl adjacent to an activating group) is 1. The van der Waals surface area contributed by atoms with E-state index in [9.17, 15) is 22.8 Å². The molecule has 2 rings (SSSR count). The first-order valence-electron chi connectivity index (χ1n) is 10.3. The number of piperidine rings is 1. The molecule has 1 aliphatic rings. The number of carbonyl (C=O) groups is 2. The topological polar surface area (TPSA) is 76.9 Å². The highest BCUT2D eigenvalue weighted by molar-refractivity contribution is 5.87. The predicted octanol–water partition coefficient (Wildman–Crippen LogP) is 3.58. The molecular formula is C20H31F3N4O4. The summed E-state index contributed by atoms with van der Waals surface area (Å²) in [5, 5.41) is 3.67. The second-order valence-corrected chi connectivity index (χ2v) is 8.55. The number of halogens is 3. The zero-order valence-corrected chi connectivity index (χ0v) is 18.7. The fraction of sp³-hybridized carbons (Fsp3) is 0.750. The van der Waals surface area contributed by atoms with Gasteiger partial charge in [0.2, 0.25) is 0 Å². The first-order chi connectivity index (χ1) is 14.3. The van der Waals surface area contributed by atoms with E-state index in [1.165, 1.54) is 4.90 Å². The molecule has 11 heteroatoms. The van der Waals surface area contributed by atoms with E-state index < -0.39 is 29.5 Å². The molecule has 176 valence electrons. The lowest BCUT2D eigenvalue weighted by Crippen LogP contribution is -2.42. The molecule has 0 bridgehead atoms. The molecule has 0 aliphatic carbocycles. The van der Waals surface area contributed by atoms with Crippen molar-refractivity contribution in [3.05, 3.63) is 17.5 Å². The van der Waals surface area contributed by atoms with E-state index in [4.69, 9.17) is 9.47 Å². The molecule has 1 amide bonds. The maximum Gasteiger partial charge on any atom is 0.435 e. The van der Waals surface area contributed by atoms with Crippen LogP contribution in [0.2, 0.25) is 0 Å². The van der Waals surface area contributed by atoms with Gasteiger partial charge >= 0.3 is 18.2 Å². The zero-order chi connectivity index (χ0) is 23.4. The molecule has 0 unspecified atom stereocenters. The maximum absolute atomic E-state index is 13.1. The summed E-state index contributed by atoms with van der Waals surface area (Å²) >= 11 is 0. The monoisotopic (exact) mass is 448 g/mol. The molecule has 0 aromatic carbocycles. The number of rotatable bonds is 6. The number of esters is 1. The Morgan fingerprint density at radius 1 is 1.23 bits per heavy atom. The first kappa shape index (κ1) is 25.0. The van der Waals surface area contributed by atoms with Gasteiger partial charge in [-0.3, -0.25) is 4.68 Å². The van der Waals surface area contributed by atoms with Crippen LogP contribution in [0.1, 0.15) is 62.8 Å². The predicted molar refractivity (Wildman–Crippen MR) is 107 cm³/mol. The van der Waals surface area contributed by atoms with Crippen molar-refractivity contribution in [1.82, 2.24) is 19.6 Å². The van der Waals surface area contributed by atoms with E-state index in [0.717, 1.165) is 10.7 Å². The van der Waals surface area contributed by atoms with Crippen LogP contribution in [0.15, 0.2) is 6.07 Å². The van der Waals surface area contributed by atoms with Crippen LogP contribution in [0.3, 0.4) is 0 Å². The SMILES string of the molecule is CCOC(=O)c1cc(C(F)(F)F)nn1C1CCN(CCN(C)C(=O)OC(C)(C)C)CC1. The average molecular weight is 448 g/mol. The Balaban J connectivity index is 1.97. The third-order valence-electron chi connectivity index (χ3n) is 4.87. The Hall–Kier alpha value is -2.30. The molecule has 0 spiro atoms. The lowest BCUT2D eigenvalue weighted by molar-refractivity contribution is -0.141. The molecule has 1 fully saturated rings. The van der Waals surface area contributed by atoms with Crippen molar-refractivity contribution in [2.24, 2.45) is 0 Å². The fourth-order valence-electron chi connectivity index (χ4n) is 3.28. The minimum atomic E-state index is -4.64. The summed E-state index contributed by atoms with van der Waals surface area (Å²) in [6.45, 7) is 9.35. The Bertz CT molecular complexity index is 765. The molecule has 2 heterocycles. The summed E-state index contributed by atoms with van der Waals surface area (Å²) < 4.78 is 50.8. The van der Waals surface area contributed by atoms with Crippen molar-refractivity contribution in [1.29, 1.82) is 0 Å². The Kier molecular flexibility index (Phi) is 7.96. The van der Waals surface area contributed by atoms with E-state index in [1.54, 1.807) is 34.7 Å². The van der Waals surface area contributed by atoms with E-state index in [-0.39, 0.29) is 18.3 Å². The average Bonchev–Trinajstić information content (AvgIpc) is 3.11. The van der Waals surface area contributed by atoms with Crippen LogP contribution >= 0.6 is 0 Å². The van der Waals surface area contributed by atoms with Crippen molar-refractivity contribution in [2.45, 2.75) is 58.4 Å². The first-order valence-corrected chi connectivity index (χ1v) is 10.3.